The Morgan fingerprint density at radius 2 is 1.85 bits per heavy atom. The second-order valence-electron chi connectivity index (χ2n) is 8.18. The zero-order chi connectivity index (χ0) is 19.5. The Morgan fingerprint density at radius 3 is 2.56 bits per heavy atom. The minimum absolute atomic E-state index is 0.0241. The molecular weight excluding hydrogens is 342 g/mol. The molecule has 0 bridgehead atoms. The molecule has 3 rings (SSSR count). The Morgan fingerprint density at radius 1 is 1.15 bits per heavy atom. The molecule has 2 N–H and O–H groups in total. The molecule has 0 amide bonds. The van der Waals surface area contributed by atoms with E-state index in [2.05, 4.69) is 38.7 Å². The van der Waals surface area contributed by atoms with E-state index in [0.29, 0.717) is 25.6 Å². The first-order chi connectivity index (χ1) is 12.9. The van der Waals surface area contributed by atoms with Crippen molar-refractivity contribution in [1.29, 1.82) is 0 Å². The summed E-state index contributed by atoms with van der Waals surface area (Å²) >= 11 is 0. The molecule has 0 unspecified atom stereocenters. The molecule has 1 aromatic rings. The third-order valence-corrected chi connectivity index (χ3v) is 5.66. The molecule has 1 saturated heterocycles. The fraction of sp³-hybridized carbons (Fsp3) is 0.636. The normalized spacial score (nSPS) is 28.5. The molecular formula is C22H31NO4. The number of hydrogen-bond acceptors (Lipinski definition) is 5. The van der Waals surface area contributed by atoms with Crippen molar-refractivity contribution >= 4 is 0 Å². The lowest BCUT2D eigenvalue weighted by Crippen LogP contribution is -2.50. The molecule has 148 valence electrons. The van der Waals surface area contributed by atoms with Crippen LogP contribution in [-0.2, 0) is 4.74 Å². The number of benzene rings is 1. The monoisotopic (exact) mass is 373 g/mol. The average Bonchev–Trinajstić information content (AvgIpc) is 2.61. The first kappa shape index (κ1) is 20.2. The number of hydrogen-bond donors (Lipinski definition) is 2. The summed E-state index contributed by atoms with van der Waals surface area (Å²) in [6.07, 6.45) is 1.83. The van der Waals surface area contributed by atoms with Gasteiger partial charge in [-0.2, -0.15) is 0 Å². The van der Waals surface area contributed by atoms with E-state index < -0.39 is 5.60 Å². The van der Waals surface area contributed by atoms with Crippen LogP contribution < -0.4 is 4.74 Å². The van der Waals surface area contributed by atoms with Gasteiger partial charge in [-0.25, -0.2) is 0 Å². The topological polar surface area (TPSA) is 62.2 Å². The number of aliphatic hydroxyl groups excluding tert-OH is 2. The highest BCUT2D eigenvalue weighted by molar-refractivity contribution is 5.39. The first-order valence-corrected chi connectivity index (χ1v) is 9.78. The van der Waals surface area contributed by atoms with E-state index in [1.54, 1.807) is 0 Å². The number of para-hydroxylation sites is 1. The summed E-state index contributed by atoms with van der Waals surface area (Å²) in [6, 6.07) is 8.12. The Kier molecular flexibility index (Phi) is 6.12. The second-order valence-corrected chi connectivity index (χ2v) is 8.18. The van der Waals surface area contributed by atoms with Gasteiger partial charge in [-0.05, 0) is 39.7 Å². The van der Waals surface area contributed by atoms with E-state index in [-0.39, 0.29) is 24.9 Å². The van der Waals surface area contributed by atoms with E-state index in [1.807, 2.05) is 23.1 Å². The third kappa shape index (κ3) is 4.47. The summed E-state index contributed by atoms with van der Waals surface area (Å²) in [5.74, 6) is 7.72. The van der Waals surface area contributed by atoms with Gasteiger partial charge in [0.1, 0.15) is 17.0 Å². The van der Waals surface area contributed by atoms with E-state index in [0.717, 1.165) is 24.2 Å². The highest BCUT2D eigenvalue weighted by Gasteiger charge is 2.49. The van der Waals surface area contributed by atoms with E-state index in [4.69, 9.17) is 19.7 Å². The van der Waals surface area contributed by atoms with Crippen molar-refractivity contribution in [2.45, 2.75) is 50.9 Å². The molecule has 2 aliphatic heterocycles. The average molecular weight is 373 g/mol. The molecule has 3 atom stereocenters. The third-order valence-electron chi connectivity index (χ3n) is 5.66. The molecule has 0 aromatic heterocycles. The molecule has 0 aliphatic carbocycles. The smallest absolute Gasteiger partial charge is 0.126 e. The van der Waals surface area contributed by atoms with Gasteiger partial charge in [-0.1, -0.05) is 30.0 Å². The molecule has 2 heterocycles. The lowest BCUT2D eigenvalue weighted by atomic mass is 9.73. The van der Waals surface area contributed by atoms with Gasteiger partial charge in [-0.3, -0.25) is 4.90 Å². The Balaban J connectivity index is 1.77. The fourth-order valence-corrected chi connectivity index (χ4v) is 4.15. The van der Waals surface area contributed by atoms with Crippen molar-refractivity contribution in [1.82, 2.24) is 4.90 Å². The van der Waals surface area contributed by atoms with E-state index in [1.165, 1.54) is 0 Å². The van der Waals surface area contributed by atoms with Gasteiger partial charge in [0, 0.05) is 24.6 Å². The number of nitrogens with zero attached hydrogens (tertiary/aromatic N) is 1. The van der Waals surface area contributed by atoms with Gasteiger partial charge in [0.15, 0.2) is 0 Å². The lowest BCUT2D eigenvalue weighted by Gasteiger charge is -2.50. The van der Waals surface area contributed by atoms with Crippen molar-refractivity contribution in [3.05, 3.63) is 29.8 Å². The van der Waals surface area contributed by atoms with Gasteiger partial charge < -0.3 is 19.7 Å². The summed E-state index contributed by atoms with van der Waals surface area (Å²) in [5.41, 5.74) is 0.329. The van der Waals surface area contributed by atoms with Crippen LogP contribution in [0.2, 0.25) is 0 Å². The molecule has 1 aromatic carbocycles. The first-order valence-electron chi connectivity index (χ1n) is 9.78. The van der Waals surface area contributed by atoms with Crippen LogP contribution in [0.15, 0.2) is 24.3 Å². The maximum Gasteiger partial charge on any atom is 0.126 e. The summed E-state index contributed by atoms with van der Waals surface area (Å²) in [7, 11) is 0. The summed E-state index contributed by atoms with van der Waals surface area (Å²) in [4.78, 5) is 1.94. The Bertz CT molecular complexity index is 702. The highest BCUT2D eigenvalue weighted by Crippen LogP contribution is 2.52. The zero-order valence-electron chi connectivity index (χ0n) is 16.6. The quantitative estimate of drug-likeness (QED) is 0.776. The van der Waals surface area contributed by atoms with Crippen molar-refractivity contribution in [2.24, 2.45) is 5.92 Å². The van der Waals surface area contributed by atoms with Gasteiger partial charge in [0.2, 0.25) is 0 Å². The van der Waals surface area contributed by atoms with Crippen LogP contribution in [0, 0.1) is 17.8 Å². The van der Waals surface area contributed by atoms with Crippen LogP contribution in [0.4, 0.5) is 0 Å². The molecule has 0 spiro atoms. The number of fused-ring (bicyclic) bond motifs is 3. The van der Waals surface area contributed by atoms with Gasteiger partial charge in [-0.15, -0.1) is 0 Å². The maximum absolute atomic E-state index is 9.13. The van der Waals surface area contributed by atoms with Crippen molar-refractivity contribution in [3.63, 3.8) is 0 Å². The number of rotatable bonds is 5. The molecule has 1 fully saturated rings. The van der Waals surface area contributed by atoms with Crippen molar-refractivity contribution in [3.8, 4) is 17.6 Å². The van der Waals surface area contributed by atoms with E-state index in [9.17, 15) is 0 Å². The summed E-state index contributed by atoms with van der Waals surface area (Å²) in [5, 5.41) is 18.3. The Hall–Kier alpha value is -1.58. The predicted molar refractivity (Wildman–Crippen MR) is 104 cm³/mol. The van der Waals surface area contributed by atoms with Gasteiger partial charge in [0.05, 0.1) is 25.9 Å². The lowest BCUT2D eigenvalue weighted by molar-refractivity contribution is -0.169. The maximum atomic E-state index is 9.13. The fourth-order valence-electron chi connectivity index (χ4n) is 4.15. The minimum atomic E-state index is -0.508. The highest BCUT2D eigenvalue weighted by atomic mass is 16.5. The van der Waals surface area contributed by atoms with E-state index >= 15 is 0 Å². The molecule has 5 heteroatoms. The van der Waals surface area contributed by atoms with Crippen LogP contribution in [0.1, 0.15) is 45.3 Å². The number of aliphatic hydroxyl groups is 2. The SMILES string of the molecule is CC1(C)Oc2ccccc2[C@H]2O[C@@](C)(C#CCN(CCO)CCO)CC[C@H]21. The summed E-state index contributed by atoms with van der Waals surface area (Å²) in [6.45, 7) is 7.99. The minimum Gasteiger partial charge on any atom is -0.487 e. The van der Waals surface area contributed by atoms with Crippen LogP contribution in [0.25, 0.3) is 0 Å². The van der Waals surface area contributed by atoms with Gasteiger partial charge >= 0.3 is 0 Å². The summed E-state index contributed by atoms with van der Waals surface area (Å²) < 4.78 is 12.8. The number of ether oxygens (including phenoxy) is 2. The zero-order valence-corrected chi connectivity index (χ0v) is 16.6. The Labute approximate surface area is 162 Å². The van der Waals surface area contributed by atoms with Crippen molar-refractivity contribution in [2.75, 3.05) is 32.8 Å². The standard InChI is InChI=1S/C22H31NO4/c1-21(2)18-9-11-22(3,10-6-12-23(13-15-24)14-16-25)27-20(18)17-7-4-5-8-19(17)26-21/h4-5,7-8,18,20,24-25H,9,11-16H2,1-3H3/t18-,20-,22+/m1/s1. The van der Waals surface area contributed by atoms with Gasteiger partial charge in [0.25, 0.3) is 0 Å². The van der Waals surface area contributed by atoms with Crippen molar-refractivity contribution < 1.29 is 19.7 Å². The largest absolute Gasteiger partial charge is 0.487 e. The molecule has 0 radical (unpaired) electrons. The van der Waals surface area contributed by atoms with Crippen LogP contribution in [0.5, 0.6) is 5.75 Å². The molecule has 5 nitrogen and oxygen atoms in total. The molecule has 27 heavy (non-hydrogen) atoms. The molecule has 2 aliphatic rings. The van der Waals surface area contributed by atoms with Crippen LogP contribution >= 0.6 is 0 Å². The van der Waals surface area contributed by atoms with Crippen LogP contribution in [0.3, 0.4) is 0 Å². The second kappa shape index (κ2) is 8.20. The predicted octanol–water partition coefficient (Wildman–Crippen LogP) is 2.37. The molecule has 0 saturated carbocycles. The van der Waals surface area contributed by atoms with Crippen LogP contribution in [-0.4, -0.2) is 59.2 Å².